The zero-order valence-corrected chi connectivity index (χ0v) is 19.4. The van der Waals surface area contributed by atoms with Gasteiger partial charge in [-0.2, -0.15) is 13.2 Å². The molecule has 0 radical (unpaired) electrons. The third-order valence-corrected chi connectivity index (χ3v) is 5.27. The van der Waals surface area contributed by atoms with E-state index < -0.39 is 12.7 Å². The maximum Gasteiger partial charge on any atom is 0.401 e. The summed E-state index contributed by atoms with van der Waals surface area (Å²) in [6.45, 7) is 4.32. The van der Waals surface area contributed by atoms with Crippen molar-refractivity contribution in [2.45, 2.75) is 44.9 Å². The first-order chi connectivity index (χ1) is 13.3. The Kier molecular flexibility index (Phi) is 8.87. The van der Waals surface area contributed by atoms with Gasteiger partial charge in [-0.1, -0.05) is 12.1 Å². The number of guanidine groups is 1. The molecule has 0 saturated carbocycles. The normalized spacial score (nSPS) is 20.2. The second-order valence-corrected chi connectivity index (χ2v) is 7.66. The summed E-state index contributed by atoms with van der Waals surface area (Å²) in [5, 5.41) is 6.50. The molecule has 2 aliphatic heterocycles. The van der Waals surface area contributed by atoms with Gasteiger partial charge in [0.2, 0.25) is 0 Å². The number of alkyl halides is 3. The van der Waals surface area contributed by atoms with Crippen LogP contribution in [0.3, 0.4) is 0 Å². The fourth-order valence-corrected chi connectivity index (χ4v) is 3.97. The Bertz CT molecular complexity index is 695. The van der Waals surface area contributed by atoms with Gasteiger partial charge < -0.3 is 15.5 Å². The van der Waals surface area contributed by atoms with E-state index in [0.717, 1.165) is 24.9 Å². The standard InChI is InChI=1S/C20H30F3N5.HI/c1-3-24-19(26-17-8-10-28(13-17)14-20(21,22)23)25-12-15-6-7-18-16(11-15)5-4-9-27(18)2;/h6-7,11,17H,3-5,8-10,12-14H2,1-2H3,(H2,24,25,26);1H. The molecule has 1 aromatic carbocycles. The quantitative estimate of drug-likeness (QED) is 0.352. The zero-order chi connectivity index (χ0) is 20.1. The Labute approximate surface area is 188 Å². The van der Waals surface area contributed by atoms with E-state index in [1.54, 1.807) is 0 Å². The molecule has 29 heavy (non-hydrogen) atoms. The van der Waals surface area contributed by atoms with Gasteiger partial charge in [0.05, 0.1) is 13.1 Å². The molecular formula is C20H31F3IN5. The summed E-state index contributed by atoms with van der Waals surface area (Å²) in [7, 11) is 2.12. The Morgan fingerprint density at radius 1 is 1.28 bits per heavy atom. The molecular weight excluding hydrogens is 494 g/mol. The maximum absolute atomic E-state index is 12.6. The Balaban J connectivity index is 0.00000300. The van der Waals surface area contributed by atoms with Crippen LogP contribution in [0.15, 0.2) is 23.2 Å². The van der Waals surface area contributed by atoms with Gasteiger partial charge in [-0.15, -0.1) is 24.0 Å². The van der Waals surface area contributed by atoms with Gasteiger partial charge in [0.25, 0.3) is 0 Å². The van der Waals surface area contributed by atoms with Crippen molar-refractivity contribution in [2.24, 2.45) is 4.99 Å². The highest BCUT2D eigenvalue weighted by atomic mass is 127. The van der Waals surface area contributed by atoms with Crippen molar-refractivity contribution in [1.82, 2.24) is 15.5 Å². The lowest BCUT2D eigenvalue weighted by Crippen LogP contribution is -2.45. The molecule has 3 rings (SSSR count). The number of aryl methyl sites for hydroxylation is 1. The van der Waals surface area contributed by atoms with E-state index in [1.165, 1.54) is 16.2 Å². The summed E-state index contributed by atoms with van der Waals surface area (Å²) < 4.78 is 37.7. The number of anilines is 1. The highest BCUT2D eigenvalue weighted by Gasteiger charge is 2.34. The monoisotopic (exact) mass is 525 g/mol. The SMILES string of the molecule is CCNC(=NCc1ccc2c(c1)CCCN2C)NC1CCN(CC(F)(F)F)C1.I. The van der Waals surface area contributed by atoms with Crippen molar-refractivity contribution in [3.63, 3.8) is 0 Å². The number of hydrogen-bond acceptors (Lipinski definition) is 3. The van der Waals surface area contributed by atoms with Crippen molar-refractivity contribution in [2.75, 3.05) is 44.7 Å². The number of nitrogens with zero attached hydrogens (tertiary/aromatic N) is 3. The average molecular weight is 525 g/mol. The number of halogens is 4. The number of rotatable bonds is 5. The summed E-state index contributed by atoms with van der Waals surface area (Å²) in [5.74, 6) is 0.663. The van der Waals surface area contributed by atoms with Crippen LogP contribution in [0.4, 0.5) is 18.9 Å². The van der Waals surface area contributed by atoms with E-state index in [2.05, 4.69) is 45.8 Å². The summed E-state index contributed by atoms with van der Waals surface area (Å²) in [6.07, 6.45) is -1.21. The molecule has 1 aromatic rings. The number of nitrogens with one attached hydrogen (secondary N) is 2. The highest BCUT2D eigenvalue weighted by Crippen LogP contribution is 2.27. The smallest absolute Gasteiger partial charge is 0.374 e. The first-order valence-electron chi connectivity index (χ1n) is 10.0. The van der Waals surface area contributed by atoms with Crippen molar-refractivity contribution < 1.29 is 13.2 Å². The molecule has 2 N–H and O–H groups in total. The van der Waals surface area contributed by atoms with Crippen LogP contribution in [0.25, 0.3) is 0 Å². The summed E-state index contributed by atoms with van der Waals surface area (Å²) >= 11 is 0. The second-order valence-electron chi connectivity index (χ2n) is 7.66. The van der Waals surface area contributed by atoms with Crippen LogP contribution < -0.4 is 15.5 Å². The Hall–Kier alpha value is -1.23. The van der Waals surface area contributed by atoms with Gasteiger partial charge in [0.1, 0.15) is 0 Å². The van der Waals surface area contributed by atoms with Crippen molar-refractivity contribution in [1.29, 1.82) is 0 Å². The minimum absolute atomic E-state index is 0. The predicted molar refractivity (Wildman–Crippen MR) is 122 cm³/mol. The average Bonchev–Trinajstić information content (AvgIpc) is 3.05. The molecule has 2 aliphatic rings. The van der Waals surface area contributed by atoms with E-state index in [1.807, 2.05) is 6.92 Å². The van der Waals surface area contributed by atoms with E-state index in [-0.39, 0.29) is 30.0 Å². The molecule has 0 bridgehead atoms. The van der Waals surface area contributed by atoms with E-state index >= 15 is 0 Å². The van der Waals surface area contributed by atoms with Crippen LogP contribution in [0.2, 0.25) is 0 Å². The second kappa shape index (κ2) is 10.7. The van der Waals surface area contributed by atoms with Crippen molar-refractivity contribution >= 4 is 35.6 Å². The fourth-order valence-electron chi connectivity index (χ4n) is 3.97. The number of fused-ring (bicyclic) bond motifs is 1. The molecule has 1 saturated heterocycles. The van der Waals surface area contributed by atoms with Crippen LogP contribution in [-0.4, -0.2) is 62.8 Å². The molecule has 0 spiro atoms. The van der Waals surface area contributed by atoms with E-state index in [9.17, 15) is 13.2 Å². The van der Waals surface area contributed by atoms with E-state index in [0.29, 0.717) is 38.6 Å². The summed E-state index contributed by atoms with van der Waals surface area (Å²) in [4.78, 5) is 8.38. The van der Waals surface area contributed by atoms with Gasteiger partial charge in [-0.25, -0.2) is 4.99 Å². The van der Waals surface area contributed by atoms with Gasteiger partial charge in [-0.05, 0) is 43.4 Å². The minimum Gasteiger partial charge on any atom is -0.374 e. The summed E-state index contributed by atoms with van der Waals surface area (Å²) in [6, 6.07) is 6.47. The van der Waals surface area contributed by atoms with Gasteiger partial charge in [0, 0.05) is 45.0 Å². The number of likely N-dealkylation sites (tertiary alicyclic amines) is 1. The lowest BCUT2D eigenvalue weighted by molar-refractivity contribution is -0.143. The number of benzene rings is 1. The number of hydrogen-bond donors (Lipinski definition) is 2. The lowest BCUT2D eigenvalue weighted by Gasteiger charge is -2.27. The van der Waals surface area contributed by atoms with Crippen LogP contribution >= 0.6 is 24.0 Å². The third kappa shape index (κ3) is 7.20. The topological polar surface area (TPSA) is 42.9 Å². The van der Waals surface area contributed by atoms with Crippen LogP contribution in [0.1, 0.15) is 30.9 Å². The van der Waals surface area contributed by atoms with Crippen molar-refractivity contribution in [3.05, 3.63) is 29.3 Å². The zero-order valence-electron chi connectivity index (χ0n) is 17.1. The first-order valence-corrected chi connectivity index (χ1v) is 10.0. The van der Waals surface area contributed by atoms with Crippen LogP contribution in [0, 0.1) is 0 Å². The molecule has 164 valence electrons. The van der Waals surface area contributed by atoms with Crippen molar-refractivity contribution in [3.8, 4) is 0 Å². The molecule has 0 aliphatic carbocycles. The summed E-state index contributed by atoms with van der Waals surface area (Å²) in [5.41, 5.74) is 3.80. The molecule has 5 nitrogen and oxygen atoms in total. The van der Waals surface area contributed by atoms with Gasteiger partial charge in [-0.3, -0.25) is 4.90 Å². The first kappa shape index (κ1) is 24.0. The molecule has 1 fully saturated rings. The largest absolute Gasteiger partial charge is 0.401 e. The number of aliphatic imine (C=N–C) groups is 1. The lowest BCUT2D eigenvalue weighted by atomic mass is 10.00. The predicted octanol–water partition coefficient (Wildman–Crippen LogP) is 3.38. The van der Waals surface area contributed by atoms with Gasteiger partial charge >= 0.3 is 6.18 Å². The molecule has 0 aromatic heterocycles. The third-order valence-electron chi connectivity index (χ3n) is 5.27. The highest BCUT2D eigenvalue weighted by molar-refractivity contribution is 14.0. The fraction of sp³-hybridized carbons (Fsp3) is 0.650. The molecule has 1 unspecified atom stereocenters. The van der Waals surface area contributed by atoms with Gasteiger partial charge in [0.15, 0.2) is 5.96 Å². The molecule has 1 atom stereocenters. The van der Waals surface area contributed by atoms with E-state index in [4.69, 9.17) is 0 Å². The Morgan fingerprint density at radius 3 is 2.79 bits per heavy atom. The minimum atomic E-state index is -4.14. The molecule has 9 heteroatoms. The maximum atomic E-state index is 12.6. The van der Waals surface area contributed by atoms with Crippen LogP contribution in [-0.2, 0) is 13.0 Å². The molecule has 0 amide bonds. The van der Waals surface area contributed by atoms with Crippen LogP contribution in [0.5, 0.6) is 0 Å². The Morgan fingerprint density at radius 2 is 2.07 bits per heavy atom. The molecule has 2 heterocycles.